The second-order valence-corrected chi connectivity index (χ2v) is 12.9. The van der Waals surface area contributed by atoms with Crippen molar-refractivity contribution in [1.29, 1.82) is 0 Å². The number of aliphatic hydroxyl groups is 2. The fourth-order valence-corrected chi connectivity index (χ4v) is 6.00. The molecule has 1 aromatic carbocycles. The minimum atomic E-state index is -4.37. The summed E-state index contributed by atoms with van der Waals surface area (Å²) in [6.07, 6.45) is 9.47. The van der Waals surface area contributed by atoms with Gasteiger partial charge < -0.3 is 25.7 Å². The summed E-state index contributed by atoms with van der Waals surface area (Å²) in [5.41, 5.74) is 0.779. The van der Waals surface area contributed by atoms with E-state index in [2.05, 4.69) is 22.5 Å². The number of hydrogen-bond donors (Lipinski definition) is 4. The first kappa shape index (κ1) is 40.6. The van der Waals surface area contributed by atoms with Gasteiger partial charge in [0.2, 0.25) is 17.7 Å². The zero-order valence-electron chi connectivity index (χ0n) is 28.1. The van der Waals surface area contributed by atoms with Gasteiger partial charge in [-0.2, -0.15) is 13.2 Å². The molecule has 1 aliphatic carbocycles. The molecule has 0 spiro atoms. The minimum absolute atomic E-state index is 0.0183. The maximum atomic E-state index is 13.8. The Labute approximate surface area is 283 Å². The summed E-state index contributed by atoms with van der Waals surface area (Å²) in [4.78, 5) is 43.0. The molecule has 5 atom stereocenters. The van der Waals surface area contributed by atoms with Crippen molar-refractivity contribution in [3.05, 3.63) is 35.9 Å². The maximum Gasteiger partial charge on any atom is 0.401 e. The summed E-state index contributed by atoms with van der Waals surface area (Å²) in [6.45, 7) is -1.11. The molecular formula is C36H51F3N4O5. The predicted molar refractivity (Wildman–Crippen MR) is 178 cm³/mol. The van der Waals surface area contributed by atoms with Crippen molar-refractivity contribution in [3.8, 4) is 24.7 Å². The number of amides is 3. The number of aliphatic hydroxyl groups excluding tert-OH is 2. The second-order valence-electron chi connectivity index (χ2n) is 12.9. The van der Waals surface area contributed by atoms with Gasteiger partial charge in [-0.1, -0.05) is 62.4 Å². The van der Waals surface area contributed by atoms with E-state index < -0.39 is 60.7 Å². The third kappa shape index (κ3) is 15.1. The highest BCUT2D eigenvalue weighted by molar-refractivity contribution is 5.91. The van der Waals surface area contributed by atoms with E-state index >= 15 is 0 Å². The van der Waals surface area contributed by atoms with Crippen LogP contribution in [0.3, 0.4) is 0 Å². The van der Waals surface area contributed by atoms with Gasteiger partial charge in [0.25, 0.3) is 0 Å². The first-order chi connectivity index (χ1) is 22.7. The van der Waals surface area contributed by atoms with Gasteiger partial charge in [0, 0.05) is 39.4 Å². The highest BCUT2D eigenvalue weighted by atomic mass is 19.4. The molecule has 48 heavy (non-hydrogen) atoms. The van der Waals surface area contributed by atoms with Gasteiger partial charge in [0.05, 0.1) is 24.6 Å². The first-order valence-corrected chi connectivity index (χ1v) is 16.6. The third-order valence-electron chi connectivity index (χ3n) is 8.79. The summed E-state index contributed by atoms with van der Waals surface area (Å²) in [7, 11) is 2.78. The smallest absolute Gasteiger partial charge is 0.389 e. The van der Waals surface area contributed by atoms with Gasteiger partial charge in [0.1, 0.15) is 12.1 Å². The van der Waals surface area contributed by atoms with E-state index in [1.54, 1.807) is 12.1 Å². The summed E-state index contributed by atoms with van der Waals surface area (Å²) in [5, 5.41) is 27.1. The first-order valence-electron chi connectivity index (χ1n) is 16.6. The van der Waals surface area contributed by atoms with Crippen LogP contribution in [-0.4, -0.2) is 102 Å². The second kappa shape index (κ2) is 20.7. The molecule has 2 rings (SSSR count). The van der Waals surface area contributed by atoms with Gasteiger partial charge in [-0.05, 0) is 37.8 Å². The Balaban J connectivity index is 2.22. The molecule has 0 bridgehead atoms. The van der Waals surface area contributed by atoms with Crippen LogP contribution in [0, 0.1) is 36.5 Å². The number of rotatable bonds is 19. The summed E-state index contributed by atoms with van der Waals surface area (Å²) in [5.74, 6) is 2.56. The molecular weight excluding hydrogens is 625 g/mol. The number of halogens is 3. The SMILES string of the molecule is C#CCC[C@H](NC(=O)[C@@H](CC(=O)N(C)CCN(C)CC(F)(F)F)Cc1ccccc1)C(=O)N[C@@H](CC1CCCCC1)[C@@H](O)[C@@H](O)CC#C. The van der Waals surface area contributed by atoms with Crippen molar-refractivity contribution >= 4 is 17.7 Å². The molecule has 0 heterocycles. The van der Waals surface area contributed by atoms with E-state index in [9.17, 15) is 37.8 Å². The molecule has 0 unspecified atom stereocenters. The summed E-state index contributed by atoms with van der Waals surface area (Å²) < 4.78 is 38.2. The lowest BCUT2D eigenvalue weighted by molar-refractivity contribution is -0.144. The number of likely N-dealkylation sites (N-methyl/N-ethyl adjacent to an activating group) is 2. The number of terminal acetylenes is 2. The topological polar surface area (TPSA) is 122 Å². The highest BCUT2D eigenvalue weighted by Gasteiger charge is 2.34. The Morgan fingerprint density at radius 1 is 0.979 bits per heavy atom. The molecule has 0 aliphatic heterocycles. The van der Waals surface area contributed by atoms with Crippen molar-refractivity contribution in [3.63, 3.8) is 0 Å². The van der Waals surface area contributed by atoms with Gasteiger partial charge in [0.15, 0.2) is 0 Å². The van der Waals surface area contributed by atoms with E-state index in [1.807, 2.05) is 18.2 Å². The number of carbonyl (C=O) groups excluding carboxylic acids is 3. The zero-order chi connectivity index (χ0) is 35.7. The lowest BCUT2D eigenvalue weighted by atomic mass is 9.82. The maximum absolute atomic E-state index is 13.8. The van der Waals surface area contributed by atoms with E-state index in [0.717, 1.165) is 42.6 Å². The van der Waals surface area contributed by atoms with Crippen LogP contribution in [0.25, 0.3) is 0 Å². The molecule has 3 amide bonds. The van der Waals surface area contributed by atoms with Crippen molar-refractivity contribution in [2.75, 3.05) is 33.7 Å². The minimum Gasteiger partial charge on any atom is -0.389 e. The molecule has 4 N–H and O–H groups in total. The van der Waals surface area contributed by atoms with E-state index in [-0.39, 0.29) is 51.1 Å². The molecule has 0 aromatic heterocycles. The Morgan fingerprint density at radius 3 is 2.25 bits per heavy atom. The fourth-order valence-electron chi connectivity index (χ4n) is 6.00. The molecule has 12 heteroatoms. The Bertz CT molecular complexity index is 1230. The van der Waals surface area contributed by atoms with E-state index in [4.69, 9.17) is 12.8 Å². The number of nitrogens with one attached hydrogen (secondary N) is 2. The molecule has 1 aromatic rings. The lowest BCUT2D eigenvalue weighted by Gasteiger charge is -2.33. The van der Waals surface area contributed by atoms with Gasteiger partial charge in [-0.15, -0.1) is 24.7 Å². The molecule has 0 radical (unpaired) electrons. The summed E-state index contributed by atoms with van der Waals surface area (Å²) in [6, 6.07) is 7.10. The number of benzene rings is 1. The van der Waals surface area contributed by atoms with Crippen molar-refractivity contribution in [1.82, 2.24) is 20.4 Å². The number of nitrogens with zero attached hydrogens (tertiary/aromatic N) is 2. The molecule has 9 nitrogen and oxygen atoms in total. The van der Waals surface area contributed by atoms with Crippen LogP contribution in [0.2, 0.25) is 0 Å². The number of carbonyl (C=O) groups is 3. The lowest BCUT2D eigenvalue weighted by Crippen LogP contribution is -2.56. The molecule has 1 fully saturated rings. The molecule has 266 valence electrons. The average Bonchev–Trinajstić information content (AvgIpc) is 3.04. The third-order valence-corrected chi connectivity index (χ3v) is 8.79. The van der Waals surface area contributed by atoms with Crippen molar-refractivity contribution in [2.45, 2.75) is 101 Å². The molecule has 0 saturated heterocycles. The van der Waals surface area contributed by atoms with Crippen LogP contribution in [0.5, 0.6) is 0 Å². The molecule has 1 saturated carbocycles. The monoisotopic (exact) mass is 676 g/mol. The van der Waals surface area contributed by atoms with Crippen LogP contribution in [0.15, 0.2) is 30.3 Å². The van der Waals surface area contributed by atoms with Gasteiger partial charge in [-0.3, -0.25) is 19.3 Å². The fraction of sp³-hybridized carbons (Fsp3) is 0.639. The largest absolute Gasteiger partial charge is 0.401 e. The zero-order valence-corrected chi connectivity index (χ0v) is 28.1. The predicted octanol–water partition coefficient (Wildman–Crippen LogP) is 3.29. The Hall–Kier alpha value is -3.58. The van der Waals surface area contributed by atoms with Crippen molar-refractivity contribution < 1.29 is 37.8 Å². The Kier molecular flexibility index (Phi) is 17.5. The quantitative estimate of drug-likeness (QED) is 0.167. The molecule has 1 aliphatic rings. The van der Waals surface area contributed by atoms with Crippen LogP contribution < -0.4 is 10.6 Å². The van der Waals surface area contributed by atoms with Crippen molar-refractivity contribution in [2.24, 2.45) is 11.8 Å². The standard InChI is InChI=1S/C36H51F3N4O5/c1-5-7-19-29(35(48)41-30(33(46)31(44)14-6-2)23-27-17-12-9-13-18-27)40-34(47)28(22-26-15-10-8-11-16-26)24-32(45)43(4)21-20-42(3)25-36(37,38)39/h1-2,8,10-11,15-16,27-31,33,44,46H,7,9,12-14,17-25H2,3-4H3,(H,40,47)(H,41,48)/t28-,29+,30+,31+,33-/m1/s1. The normalized spacial score (nSPS) is 16.9. The summed E-state index contributed by atoms with van der Waals surface area (Å²) >= 11 is 0. The van der Waals surface area contributed by atoms with Crippen LogP contribution in [0.4, 0.5) is 13.2 Å². The van der Waals surface area contributed by atoms with Crippen LogP contribution in [0.1, 0.15) is 69.8 Å². The van der Waals surface area contributed by atoms with Gasteiger partial charge in [-0.25, -0.2) is 0 Å². The Morgan fingerprint density at radius 2 is 1.65 bits per heavy atom. The van der Waals surface area contributed by atoms with Crippen LogP contribution in [-0.2, 0) is 20.8 Å². The average molecular weight is 677 g/mol. The van der Waals surface area contributed by atoms with E-state index in [0.29, 0.717) is 6.42 Å². The number of hydrogen-bond acceptors (Lipinski definition) is 6. The number of alkyl halides is 3. The van der Waals surface area contributed by atoms with E-state index in [1.165, 1.54) is 19.0 Å². The van der Waals surface area contributed by atoms with Gasteiger partial charge >= 0.3 is 6.18 Å². The van der Waals surface area contributed by atoms with Crippen LogP contribution >= 0.6 is 0 Å². The highest BCUT2D eigenvalue weighted by Crippen LogP contribution is 2.29.